The first-order valence-electron chi connectivity index (χ1n) is 9.22. The number of aryl methyl sites for hydroxylation is 2. The van der Waals surface area contributed by atoms with Gasteiger partial charge in [0.2, 0.25) is 0 Å². The molecule has 0 amide bonds. The third-order valence-corrected chi connectivity index (χ3v) is 5.88. The molecule has 0 heterocycles. The molecule has 24 heavy (non-hydrogen) atoms. The normalized spacial score (nSPS) is 14.1. The van der Waals surface area contributed by atoms with Gasteiger partial charge in [-0.05, 0) is 106 Å². The van der Waals surface area contributed by atoms with Crippen molar-refractivity contribution in [2.45, 2.75) is 86.2 Å². The van der Waals surface area contributed by atoms with Gasteiger partial charge in [0.25, 0.3) is 0 Å². The van der Waals surface area contributed by atoms with Crippen molar-refractivity contribution in [3.05, 3.63) is 44.9 Å². The van der Waals surface area contributed by atoms with Gasteiger partial charge in [-0.3, -0.25) is 0 Å². The lowest BCUT2D eigenvalue weighted by molar-refractivity contribution is 0.0133. The minimum absolute atomic E-state index is 0.245. The maximum atomic E-state index is 10.7. The van der Waals surface area contributed by atoms with Crippen LogP contribution in [0.3, 0.4) is 0 Å². The van der Waals surface area contributed by atoms with Crippen molar-refractivity contribution >= 4 is 12.6 Å². The van der Waals surface area contributed by atoms with E-state index in [-0.39, 0.29) is 5.92 Å². The van der Waals surface area contributed by atoms with Crippen LogP contribution in [0.5, 0.6) is 0 Å². The summed E-state index contributed by atoms with van der Waals surface area (Å²) in [6.07, 6.45) is 5.24. The van der Waals surface area contributed by atoms with E-state index in [1.807, 2.05) is 19.3 Å². The topological polar surface area (TPSA) is 20.2 Å². The Balaban J connectivity index is 3.12. The Kier molecular flexibility index (Phi) is 8.08. The summed E-state index contributed by atoms with van der Waals surface area (Å²) < 4.78 is 0. The fourth-order valence-corrected chi connectivity index (χ4v) is 3.61. The van der Waals surface area contributed by atoms with E-state index in [9.17, 15) is 5.11 Å². The van der Waals surface area contributed by atoms with Crippen LogP contribution in [0.4, 0.5) is 0 Å². The third-order valence-electron chi connectivity index (χ3n) is 5.44. The summed E-state index contributed by atoms with van der Waals surface area (Å²) in [4.78, 5) is 0. The van der Waals surface area contributed by atoms with Crippen LogP contribution >= 0.6 is 12.6 Å². The van der Waals surface area contributed by atoms with Gasteiger partial charge >= 0.3 is 0 Å². The fraction of sp³-hybridized carbons (Fsp3) is 0.636. The number of hydrogen-bond acceptors (Lipinski definition) is 2. The molecule has 1 nitrogen and oxygen atoms in total. The molecule has 0 aliphatic rings. The highest BCUT2D eigenvalue weighted by Gasteiger charge is 2.28. The van der Waals surface area contributed by atoms with E-state index in [0.29, 0.717) is 0 Å². The van der Waals surface area contributed by atoms with Crippen molar-refractivity contribution in [2.75, 3.05) is 0 Å². The van der Waals surface area contributed by atoms with Crippen molar-refractivity contribution in [1.29, 1.82) is 0 Å². The van der Waals surface area contributed by atoms with E-state index in [1.54, 1.807) is 0 Å². The van der Waals surface area contributed by atoms with Gasteiger partial charge in [-0.25, -0.2) is 0 Å². The Labute approximate surface area is 155 Å². The minimum atomic E-state index is -0.675. The molecule has 0 bridgehead atoms. The molecule has 2 heteroatoms. The number of rotatable bonds is 8. The SMILES string of the molecule is CCCc1cc(C)c(CC(CC/C(C)=C\S)C(C)(C)O)c(C)c1C. The molecule has 1 N–H and O–H groups in total. The van der Waals surface area contributed by atoms with Gasteiger partial charge in [0, 0.05) is 0 Å². The number of allylic oxidation sites excluding steroid dienone is 1. The molecule has 1 atom stereocenters. The minimum Gasteiger partial charge on any atom is -0.390 e. The van der Waals surface area contributed by atoms with Crippen molar-refractivity contribution in [1.82, 2.24) is 0 Å². The predicted octanol–water partition coefficient (Wildman–Crippen LogP) is 6.11. The van der Waals surface area contributed by atoms with Gasteiger partial charge in [-0.2, -0.15) is 12.6 Å². The zero-order valence-corrected chi connectivity index (χ0v) is 17.6. The van der Waals surface area contributed by atoms with Crippen molar-refractivity contribution < 1.29 is 5.11 Å². The second-order valence-electron chi connectivity index (χ2n) is 7.90. The van der Waals surface area contributed by atoms with Crippen LogP contribution in [0.1, 0.15) is 74.8 Å². The summed E-state index contributed by atoms with van der Waals surface area (Å²) in [5, 5.41) is 12.6. The Hall–Kier alpha value is -0.730. The van der Waals surface area contributed by atoms with Crippen LogP contribution in [0.15, 0.2) is 17.0 Å². The molecule has 136 valence electrons. The van der Waals surface area contributed by atoms with E-state index >= 15 is 0 Å². The molecular formula is C22H36OS. The molecule has 1 aromatic rings. The molecule has 0 saturated heterocycles. The van der Waals surface area contributed by atoms with Gasteiger partial charge in [0.15, 0.2) is 0 Å². The molecule has 0 radical (unpaired) electrons. The smallest absolute Gasteiger partial charge is 0.0623 e. The molecule has 1 aromatic carbocycles. The summed E-state index contributed by atoms with van der Waals surface area (Å²) in [6.45, 7) is 14.9. The average Bonchev–Trinajstić information content (AvgIpc) is 2.50. The predicted molar refractivity (Wildman–Crippen MR) is 110 cm³/mol. The quantitative estimate of drug-likeness (QED) is 0.543. The summed E-state index contributed by atoms with van der Waals surface area (Å²) >= 11 is 4.24. The highest BCUT2D eigenvalue weighted by Crippen LogP contribution is 2.32. The van der Waals surface area contributed by atoms with Crippen LogP contribution in [0.25, 0.3) is 0 Å². The maximum Gasteiger partial charge on any atom is 0.0623 e. The third kappa shape index (κ3) is 5.67. The number of benzene rings is 1. The summed E-state index contributed by atoms with van der Waals surface area (Å²) in [7, 11) is 0. The first kappa shape index (κ1) is 21.3. The second kappa shape index (κ2) is 9.10. The highest BCUT2D eigenvalue weighted by atomic mass is 32.1. The van der Waals surface area contributed by atoms with Gasteiger partial charge in [0.05, 0.1) is 5.60 Å². The van der Waals surface area contributed by atoms with Crippen molar-refractivity contribution in [3.63, 3.8) is 0 Å². The van der Waals surface area contributed by atoms with E-state index in [1.165, 1.54) is 39.8 Å². The fourth-order valence-electron chi connectivity index (χ4n) is 3.48. The van der Waals surface area contributed by atoms with Crippen LogP contribution in [0.2, 0.25) is 0 Å². The molecule has 0 spiro atoms. The largest absolute Gasteiger partial charge is 0.390 e. The molecule has 1 rings (SSSR count). The van der Waals surface area contributed by atoms with Crippen molar-refractivity contribution in [3.8, 4) is 0 Å². The molecule has 0 aromatic heterocycles. The molecule has 0 fully saturated rings. The molecule has 0 aliphatic carbocycles. The van der Waals surface area contributed by atoms with E-state index in [0.717, 1.165) is 25.7 Å². The van der Waals surface area contributed by atoms with Gasteiger partial charge in [-0.15, -0.1) is 0 Å². The van der Waals surface area contributed by atoms with E-state index in [2.05, 4.69) is 53.3 Å². The Morgan fingerprint density at radius 2 is 1.88 bits per heavy atom. The van der Waals surface area contributed by atoms with Gasteiger partial charge < -0.3 is 5.11 Å². The lowest BCUT2D eigenvalue weighted by Gasteiger charge is -2.31. The second-order valence-corrected chi connectivity index (χ2v) is 8.16. The zero-order valence-electron chi connectivity index (χ0n) is 16.7. The van der Waals surface area contributed by atoms with E-state index in [4.69, 9.17) is 0 Å². The molecular weight excluding hydrogens is 312 g/mol. The first-order chi connectivity index (χ1) is 11.1. The molecule has 0 aliphatic heterocycles. The lowest BCUT2D eigenvalue weighted by atomic mass is 9.78. The first-order valence-corrected chi connectivity index (χ1v) is 9.74. The Morgan fingerprint density at radius 3 is 2.38 bits per heavy atom. The highest BCUT2D eigenvalue weighted by molar-refractivity contribution is 7.83. The summed E-state index contributed by atoms with van der Waals surface area (Å²) in [5.74, 6) is 0.245. The van der Waals surface area contributed by atoms with Crippen LogP contribution in [-0.4, -0.2) is 10.7 Å². The van der Waals surface area contributed by atoms with Crippen LogP contribution in [-0.2, 0) is 12.8 Å². The molecule has 1 unspecified atom stereocenters. The zero-order chi connectivity index (χ0) is 18.5. The maximum absolute atomic E-state index is 10.7. The van der Waals surface area contributed by atoms with Crippen molar-refractivity contribution in [2.24, 2.45) is 5.92 Å². The lowest BCUT2D eigenvalue weighted by Crippen LogP contribution is -2.33. The summed E-state index contributed by atoms with van der Waals surface area (Å²) in [5.41, 5.74) is 7.71. The Morgan fingerprint density at radius 1 is 1.25 bits per heavy atom. The van der Waals surface area contributed by atoms with Gasteiger partial charge in [0.1, 0.15) is 0 Å². The summed E-state index contributed by atoms with van der Waals surface area (Å²) in [6, 6.07) is 2.36. The Bertz CT molecular complexity index is 579. The number of thiol groups is 1. The van der Waals surface area contributed by atoms with Crippen LogP contribution < -0.4 is 0 Å². The number of hydrogen-bond donors (Lipinski definition) is 2. The standard InChI is InChI=1S/C22H36OS/c1-8-9-19-12-16(3)21(18(5)17(19)4)13-20(22(6,7)23)11-10-15(2)14-24/h12,14,20,23-24H,8-11,13H2,1-7H3/b15-14-. The average molecular weight is 349 g/mol. The molecule has 0 saturated carbocycles. The van der Waals surface area contributed by atoms with Gasteiger partial charge in [-0.1, -0.05) is 25.0 Å². The van der Waals surface area contributed by atoms with Crippen LogP contribution in [0, 0.1) is 26.7 Å². The number of aliphatic hydroxyl groups is 1. The van der Waals surface area contributed by atoms with E-state index < -0.39 is 5.60 Å². The monoisotopic (exact) mass is 348 g/mol.